The average molecular weight is 357 g/mol. The van der Waals surface area contributed by atoms with E-state index in [4.69, 9.17) is 0 Å². The molecule has 5 nitrogen and oxygen atoms in total. The van der Waals surface area contributed by atoms with E-state index in [1.54, 1.807) is 0 Å². The highest BCUT2D eigenvalue weighted by Gasteiger charge is 2.49. The Bertz CT molecular complexity index is 1030. The number of ketones is 1. The zero-order chi connectivity index (χ0) is 18.4. The van der Waals surface area contributed by atoms with Crippen LogP contribution in [0.15, 0.2) is 72.8 Å². The zero-order valence-electron chi connectivity index (χ0n) is 14.6. The smallest absolute Gasteiger partial charge is 0.255 e. The minimum atomic E-state index is -0.679. The molecule has 2 aliphatic rings. The van der Waals surface area contributed by atoms with E-state index in [-0.39, 0.29) is 17.7 Å². The van der Waals surface area contributed by atoms with Crippen LogP contribution in [0.3, 0.4) is 0 Å². The van der Waals surface area contributed by atoms with Crippen molar-refractivity contribution >= 4 is 28.2 Å². The second-order valence-corrected chi connectivity index (χ2v) is 7.09. The Morgan fingerprint density at radius 3 is 2.41 bits per heavy atom. The highest BCUT2D eigenvalue weighted by Crippen LogP contribution is 2.32. The maximum absolute atomic E-state index is 12.8. The van der Waals surface area contributed by atoms with Gasteiger partial charge in [0.05, 0.1) is 11.9 Å². The molecule has 3 atom stereocenters. The quantitative estimate of drug-likeness (QED) is 0.693. The Hall–Kier alpha value is -3.02. The van der Waals surface area contributed by atoms with Crippen LogP contribution < -0.4 is 15.8 Å². The van der Waals surface area contributed by atoms with Gasteiger partial charge in [0, 0.05) is 12.5 Å². The van der Waals surface area contributed by atoms with Gasteiger partial charge in [-0.3, -0.25) is 14.9 Å². The summed E-state index contributed by atoms with van der Waals surface area (Å²) in [6.45, 7) is 0. The van der Waals surface area contributed by atoms with Crippen LogP contribution in [0.4, 0.5) is 5.69 Å². The summed E-state index contributed by atoms with van der Waals surface area (Å²) in [5.74, 6) is -0.893. The first kappa shape index (κ1) is 16.2. The van der Waals surface area contributed by atoms with E-state index in [1.807, 2.05) is 42.5 Å². The van der Waals surface area contributed by atoms with Crippen molar-refractivity contribution in [2.75, 3.05) is 5.01 Å². The van der Waals surface area contributed by atoms with Crippen molar-refractivity contribution in [1.82, 2.24) is 10.7 Å². The lowest BCUT2D eigenvalue weighted by atomic mass is 9.87. The second kappa shape index (κ2) is 6.30. The van der Waals surface area contributed by atoms with Gasteiger partial charge in [0.25, 0.3) is 5.91 Å². The number of amides is 1. The molecule has 0 bridgehead atoms. The number of benzene rings is 3. The molecular formula is C22H19N3O2. The molecule has 3 unspecified atom stereocenters. The number of rotatable bonds is 2. The van der Waals surface area contributed by atoms with E-state index in [9.17, 15) is 9.59 Å². The number of anilines is 1. The number of carbonyl (C=O) groups is 2. The van der Waals surface area contributed by atoms with Gasteiger partial charge in [-0.1, -0.05) is 54.6 Å². The first-order valence-corrected chi connectivity index (χ1v) is 9.13. The van der Waals surface area contributed by atoms with Crippen molar-refractivity contribution in [3.05, 3.63) is 78.4 Å². The molecular weight excluding hydrogens is 338 g/mol. The molecule has 2 saturated heterocycles. The number of Topliss-reactive ketones (excluding diaryl/α,β-unsaturated/α-hetero) is 1. The van der Waals surface area contributed by atoms with Gasteiger partial charge in [-0.25, -0.2) is 10.4 Å². The van der Waals surface area contributed by atoms with Crippen LogP contribution in [0.25, 0.3) is 10.8 Å². The third kappa shape index (κ3) is 2.72. The van der Waals surface area contributed by atoms with Crippen LogP contribution in [0, 0.1) is 5.92 Å². The van der Waals surface area contributed by atoms with Crippen LogP contribution in [0.2, 0.25) is 0 Å². The van der Waals surface area contributed by atoms with E-state index >= 15 is 0 Å². The lowest BCUT2D eigenvalue weighted by Crippen LogP contribution is -2.52. The van der Waals surface area contributed by atoms with Crippen LogP contribution in [0.5, 0.6) is 0 Å². The van der Waals surface area contributed by atoms with Gasteiger partial charge in [-0.15, -0.1) is 0 Å². The van der Waals surface area contributed by atoms with Crippen molar-refractivity contribution < 1.29 is 9.59 Å². The highest BCUT2D eigenvalue weighted by molar-refractivity contribution is 6.11. The summed E-state index contributed by atoms with van der Waals surface area (Å²) in [5.41, 5.74) is 4.99. The molecule has 1 amide bonds. The molecule has 134 valence electrons. The predicted molar refractivity (Wildman–Crippen MR) is 104 cm³/mol. The van der Waals surface area contributed by atoms with Gasteiger partial charge in [-0.2, -0.15) is 0 Å². The van der Waals surface area contributed by atoms with E-state index in [0.717, 1.165) is 16.6 Å². The highest BCUT2D eigenvalue weighted by atomic mass is 16.2. The largest absolute Gasteiger partial charge is 0.299 e. The number of hydrogen-bond acceptors (Lipinski definition) is 4. The Labute approximate surface area is 157 Å². The minimum absolute atomic E-state index is 0.0205. The Morgan fingerprint density at radius 2 is 1.59 bits per heavy atom. The molecule has 2 N–H and O–H groups in total. The number of nitrogens with one attached hydrogen (secondary N) is 2. The first-order valence-electron chi connectivity index (χ1n) is 9.13. The van der Waals surface area contributed by atoms with Crippen molar-refractivity contribution in [3.8, 4) is 0 Å². The molecule has 2 heterocycles. The maximum atomic E-state index is 12.8. The van der Waals surface area contributed by atoms with Gasteiger partial charge >= 0.3 is 0 Å². The molecule has 2 fully saturated rings. The number of piperidine rings is 1. The van der Waals surface area contributed by atoms with E-state index < -0.39 is 12.1 Å². The molecule has 0 radical (unpaired) electrons. The van der Waals surface area contributed by atoms with Crippen LogP contribution in [-0.4, -0.2) is 17.9 Å². The summed E-state index contributed by atoms with van der Waals surface area (Å²) in [7, 11) is 0. The fraction of sp³-hybridized carbons (Fsp3) is 0.182. The summed E-state index contributed by atoms with van der Waals surface area (Å²) >= 11 is 0. The molecule has 5 rings (SSSR count). The normalized spacial score (nSPS) is 25.0. The summed E-state index contributed by atoms with van der Waals surface area (Å²) in [5, 5.41) is 7.27. The number of fused-ring (bicyclic) bond motifs is 2. The Balaban J connectivity index is 1.43. The summed E-state index contributed by atoms with van der Waals surface area (Å²) < 4.78 is 0. The van der Waals surface area contributed by atoms with Crippen LogP contribution >= 0.6 is 0 Å². The topological polar surface area (TPSA) is 61.4 Å². The first-order chi connectivity index (χ1) is 13.2. The van der Waals surface area contributed by atoms with E-state index in [0.29, 0.717) is 6.42 Å². The van der Waals surface area contributed by atoms with Crippen molar-refractivity contribution in [3.63, 3.8) is 0 Å². The van der Waals surface area contributed by atoms with Gasteiger partial charge in [0.15, 0.2) is 0 Å². The SMILES string of the molecule is O=C1CC(c2ccc3ccccc3c2)NC2NN(c3ccccc3)C(=O)C12. The van der Waals surface area contributed by atoms with Crippen molar-refractivity contribution in [1.29, 1.82) is 0 Å². The number of carbonyl (C=O) groups excluding carboxylic acids is 2. The van der Waals surface area contributed by atoms with E-state index in [2.05, 4.69) is 41.1 Å². The zero-order valence-corrected chi connectivity index (χ0v) is 14.6. The summed E-state index contributed by atoms with van der Waals surface area (Å²) in [4.78, 5) is 25.6. The van der Waals surface area contributed by atoms with Gasteiger partial charge in [-0.05, 0) is 34.5 Å². The van der Waals surface area contributed by atoms with Crippen molar-refractivity contribution in [2.24, 2.45) is 5.92 Å². The minimum Gasteiger partial charge on any atom is -0.299 e. The summed E-state index contributed by atoms with van der Waals surface area (Å²) in [6.07, 6.45) is -0.0781. The molecule has 27 heavy (non-hydrogen) atoms. The molecule has 5 heteroatoms. The average Bonchev–Trinajstić information content (AvgIpc) is 3.05. The maximum Gasteiger partial charge on any atom is 0.255 e. The molecule has 2 aliphatic heterocycles. The molecule has 0 aliphatic carbocycles. The van der Waals surface area contributed by atoms with Gasteiger partial charge in [0.1, 0.15) is 11.7 Å². The number of hydrazine groups is 1. The number of hydrogen-bond donors (Lipinski definition) is 2. The van der Waals surface area contributed by atoms with Crippen LogP contribution in [0.1, 0.15) is 18.0 Å². The number of para-hydroxylation sites is 1. The van der Waals surface area contributed by atoms with Crippen molar-refractivity contribution in [2.45, 2.75) is 18.6 Å². The standard InChI is InChI=1S/C22H19N3O2/c26-19-13-18(16-11-10-14-6-4-5-7-15(14)12-16)23-21-20(19)22(27)25(24-21)17-8-2-1-3-9-17/h1-12,18,20-21,23-24H,13H2. The Kier molecular flexibility index (Phi) is 3.77. The molecule has 0 aromatic heterocycles. The third-order valence-corrected chi connectivity index (χ3v) is 5.41. The Morgan fingerprint density at radius 1 is 0.852 bits per heavy atom. The van der Waals surface area contributed by atoms with Gasteiger partial charge < -0.3 is 0 Å². The monoisotopic (exact) mass is 357 g/mol. The number of nitrogens with zero attached hydrogens (tertiary/aromatic N) is 1. The fourth-order valence-corrected chi connectivity index (χ4v) is 4.04. The van der Waals surface area contributed by atoms with Crippen LogP contribution in [-0.2, 0) is 9.59 Å². The molecule has 3 aromatic carbocycles. The summed E-state index contributed by atoms with van der Waals surface area (Å²) in [6, 6.07) is 23.7. The second-order valence-electron chi connectivity index (χ2n) is 7.09. The predicted octanol–water partition coefficient (Wildman–Crippen LogP) is 2.94. The van der Waals surface area contributed by atoms with E-state index in [1.165, 1.54) is 10.4 Å². The lowest BCUT2D eigenvalue weighted by molar-refractivity contribution is -0.133. The molecule has 0 saturated carbocycles. The third-order valence-electron chi connectivity index (χ3n) is 5.41. The molecule has 3 aromatic rings. The van der Waals surface area contributed by atoms with Gasteiger partial charge in [0.2, 0.25) is 0 Å². The fourth-order valence-electron chi connectivity index (χ4n) is 4.04. The lowest BCUT2D eigenvalue weighted by Gasteiger charge is -2.30. The molecule has 0 spiro atoms.